The van der Waals surface area contributed by atoms with Crippen LogP contribution in [-0.2, 0) is 62.3 Å². The summed E-state index contributed by atoms with van der Waals surface area (Å²) in [5.74, 6) is -5.77. The van der Waals surface area contributed by atoms with Crippen LogP contribution in [-0.4, -0.2) is 113 Å². The average Bonchev–Trinajstić information content (AvgIpc) is 3.99. The molecular formula is C53H65F2N6O13P. The van der Waals surface area contributed by atoms with Gasteiger partial charge in [0.2, 0.25) is 37.2 Å². The topological polar surface area (TPSA) is 263 Å². The van der Waals surface area contributed by atoms with Crippen LogP contribution in [0.3, 0.4) is 0 Å². The van der Waals surface area contributed by atoms with Crippen molar-refractivity contribution in [3.05, 3.63) is 107 Å². The Morgan fingerprint density at radius 1 is 0.813 bits per heavy atom. The van der Waals surface area contributed by atoms with Gasteiger partial charge in [0.25, 0.3) is 5.91 Å². The number of amides is 5. The summed E-state index contributed by atoms with van der Waals surface area (Å²) in [6.07, 6.45) is 0.493. The predicted octanol–water partition coefficient (Wildman–Crippen LogP) is 6.79. The second kappa shape index (κ2) is 23.8. The Bertz CT molecular complexity index is 2740. The molecule has 4 aromatic rings. The zero-order valence-corrected chi connectivity index (χ0v) is 43.9. The van der Waals surface area contributed by atoms with Gasteiger partial charge in [0.1, 0.15) is 17.8 Å². The van der Waals surface area contributed by atoms with Crippen molar-refractivity contribution in [3.63, 3.8) is 0 Å². The molecule has 75 heavy (non-hydrogen) atoms. The van der Waals surface area contributed by atoms with E-state index < -0.39 is 103 Å². The van der Waals surface area contributed by atoms with Crippen LogP contribution in [0.25, 0.3) is 10.9 Å². The van der Waals surface area contributed by atoms with Crippen LogP contribution >= 0.6 is 7.60 Å². The number of carbonyl (C=O) groups is 8. The maximum Gasteiger partial charge on any atom is 0.410 e. The number of aromatic amines is 1. The lowest BCUT2D eigenvalue weighted by molar-refractivity contribution is -0.163. The number of halogens is 2. The fourth-order valence-corrected chi connectivity index (χ4v) is 10.0. The maximum absolute atomic E-state index is 16.5. The molecule has 3 heterocycles. The SMILES string of the molecule is CC(=O)N1CC[C@H]2CC[C@@H](C(=O)N[C@@H](CCC(N)=O)C(=O)CC(c3ccccc3)c3ccccc3)N2C(=O)[C@@H](NC(=O)c2cc3cc(C(F)(F)P(=O)(OCOC(=O)C(C)(C)C)OCOC(=O)C(C)(C)C)ccc3[nH]2)C1. The monoisotopic (exact) mass is 1060 g/mol. The van der Waals surface area contributed by atoms with Gasteiger partial charge >= 0.3 is 25.2 Å². The Balaban J connectivity index is 1.22. The summed E-state index contributed by atoms with van der Waals surface area (Å²) >= 11 is 0. The van der Waals surface area contributed by atoms with Gasteiger partial charge in [0.05, 0.1) is 16.9 Å². The van der Waals surface area contributed by atoms with E-state index in [9.17, 15) is 42.9 Å². The molecule has 22 heteroatoms. The minimum absolute atomic E-state index is 0.00666. The number of esters is 2. The van der Waals surface area contributed by atoms with E-state index in [1.54, 1.807) is 0 Å². The highest BCUT2D eigenvalue weighted by molar-refractivity contribution is 7.54. The van der Waals surface area contributed by atoms with E-state index in [1.807, 2.05) is 60.7 Å². The Hall–Kier alpha value is -6.83. The van der Waals surface area contributed by atoms with Crippen LogP contribution in [0.1, 0.15) is 120 Å². The van der Waals surface area contributed by atoms with Gasteiger partial charge in [-0.1, -0.05) is 66.7 Å². The molecule has 3 aromatic carbocycles. The number of aromatic nitrogens is 1. The van der Waals surface area contributed by atoms with Crippen molar-refractivity contribution in [2.45, 2.75) is 123 Å². The first-order chi connectivity index (χ1) is 35.2. The number of alkyl halides is 2. The number of hydrogen-bond acceptors (Lipinski definition) is 13. The largest absolute Gasteiger partial charge is 0.438 e. The number of nitrogens with one attached hydrogen (secondary N) is 3. The number of ether oxygens (including phenoxy) is 2. The van der Waals surface area contributed by atoms with Gasteiger partial charge in [-0.25, -0.2) is 0 Å². The quantitative estimate of drug-likeness (QED) is 0.0404. The Morgan fingerprint density at radius 2 is 1.39 bits per heavy atom. The van der Waals surface area contributed by atoms with Gasteiger partial charge in [0.15, 0.2) is 5.78 Å². The van der Waals surface area contributed by atoms with E-state index in [1.165, 1.54) is 70.4 Å². The van der Waals surface area contributed by atoms with Gasteiger partial charge in [0, 0.05) is 61.3 Å². The number of fused-ring (bicyclic) bond motifs is 2. The predicted molar refractivity (Wildman–Crippen MR) is 269 cm³/mol. The summed E-state index contributed by atoms with van der Waals surface area (Å²) in [6.45, 7) is 7.75. The molecule has 6 rings (SSSR count). The van der Waals surface area contributed by atoms with Gasteiger partial charge in [-0.3, -0.25) is 52.0 Å². The van der Waals surface area contributed by atoms with Crippen molar-refractivity contribution in [1.29, 1.82) is 0 Å². The fourth-order valence-electron chi connectivity index (χ4n) is 8.80. The van der Waals surface area contributed by atoms with Gasteiger partial charge in [-0.2, -0.15) is 8.78 Å². The highest BCUT2D eigenvalue weighted by Crippen LogP contribution is 2.67. The lowest BCUT2D eigenvalue weighted by atomic mass is 9.85. The van der Waals surface area contributed by atoms with Crippen LogP contribution in [0.15, 0.2) is 84.9 Å². The summed E-state index contributed by atoms with van der Waals surface area (Å²) in [5, 5.41) is 5.49. The molecule has 404 valence electrons. The van der Waals surface area contributed by atoms with Crippen LogP contribution in [0.5, 0.6) is 0 Å². The number of benzene rings is 3. The number of rotatable bonds is 20. The summed E-state index contributed by atoms with van der Waals surface area (Å²) in [4.78, 5) is 113. The van der Waals surface area contributed by atoms with Crippen LogP contribution < -0.4 is 16.4 Å². The van der Waals surface area contributed by atoms with E-state index in [4.69, 9.17) is 24.3 Å². The number of hydrogen-bond donors (Lipinski definition) is 4. The van der Waals surface area contributed by atoms with Crippen molar-refractivity contribution in [2.24, 2.45) is 16.6 Å². The number of primary amides is 1. The molecule has 1 aromatic heterocycles. The van der Waals surface area contributed by atoms with Gasteiger partial charge < -0.3 is 40.6 Å². The summed E-state index contributed by atoms with van der Waals surface area (Å²) in [7, 11) is -5.69. The van der Waals surface area contributed by atoms with Crippen LogP contribution in [0, 0.1) is 10.8 Å². The molecule has 2 saturated heterocycles. The summed E-state index contributed by atoms with van der Waals surface area (Å²) < 4.78 is 66.7. The van der Waals surface area contributed by atoms with Crippen molar-refractivity contribution in [1.82, 2.24) is 25.4 Å². The Kier molecular flexibility index (Phi) is 18.2. The standard InChI is InChI=1S/C53H65F2N6O13P/c1-32(62)60-25-24-37-19-22-43(47(66)58-40(21-23-45(56)64)44(63)28-38(33-14-10-8-11-15-33)34-16-12-9-13-17-34)61(37)48(67)42(29-60)59-46(65)41-27-35-26-36(18-20-39(35)57-41)53(54,55)75(70,73-30-71-49(68)51(2,3)4)74-31-72-50(69)52(5,6)7/h8-18,20,26-27,37-38,40,42-43,57H,19,21-25,28-31H2,1-7H3,(H2,56,64)(H,58,66)(H,59,65)/t37-,40+,42+,43+/m1/s1. The average molecular weight is 1060 g/mol. The normalized spacial score (nSPS) is 17.9. The molecule has 0 bridgehead atoms. The van der Waals surface area contributed by atoms with Crippen molar-refractivity contribution >= 4 is 65.8 Å². The zero-order chi connectivity index (χ0) is 55.0. The van der Waals surface area contributed by atoms with Crippen LogP contribution in [0.2, 0.25) is 0 Å². The van der Waals surface area contributed by atoms with E-state index in [0.717, 1.165) is 23.3 Å². The first-order valence-electron chi connectivity index (χ1n) is 24.5. The molecule has 5 amide bonds. The minimum atomic E-state index is -5.69. The Morgan fingerprint density at radius 3 is 1.92 bits per heavy atom. The maximum atomic E-state index is 16.5. The molecule has 2 aliphatic rings. The first-order valence-corrected chi connectivity index (χ1v) is 26.1. The zero-order valence-electron chi connectivity index (χ0n) is 43.0. The van der Waals surface area contributed by atoms with Crippen molar-refractivity contribution in [3.8, 4) is 0 Å². The molecule has 2 aliphatic heterocycles. The molecular weight excluding hydrogens is 998 g/mol. The molecule has 0 saturated carbocycles. The third-order valence-corrected chi connectivity index (χ3v) is 14.9. The smallest absolute Gasteiger partial charge is 0.410 e. The summed E-state index contributed by atoms with van der Waals surface area (Å²) in [6, 6.07) is 18.7. The highest BCUT2D eigenvalue weighted by Gasteiger charge is 2.56. The number of nitrogens with zero attached hydrogens (tertiary/aromatic N) is 2. The van der Waals surface area contributed by atoms with Gasteiger partial charge in [-0.05, 0) is 96.6 Å². The number of ketones is 1. The third kappa shape index (κ3) is 14.1. The lowest BCUT2D eigenvalue weighted by Crippen LogP contribution is -2.61. The second-order valence-electron chi connectivity index (χ2n) is 20.8. The second-order valence-corrected chi connectivity index (χ2v) is 22.8. The number of H-pyrrole nitrogens is 1. The van der Waals surface area contributed by atoms with Gasteiger partial charge in [-0.15, -0.1) is 0 Å². The molecule has 0 aliphatic carbocycles. The highest BCUT2D eigenvalue weighted by atomic mass is 31.2. The van der Waals surface area contributed by atoms with Crippen LogP contribution in [0.4, 0.5) is 8.78 Å². The number of carbonyl (C=O) groups excluding carboxylic acids is 8. The van der Waals surface area contributed by atoms with E-state index >= 15 is 8.78 Å². The third-order valence-electron chi connectivity index (χ3n) is 13.0. The molecule has 2 fully saturated rings. The summed E-state index contributed by atoms with van der Waals surface area (Å²) in [5.41, 5.74) is -0.356. The number of Topliss-reactive ketones (excluding diaryl/α,β-unsaturated/α-hetero) is 1. The molecule has 0 spiro atoms. The first kappa shape index (κ1) is 57.4. The number of nitrogens with two attached hydrogens (primary N) is 1. The molecule has 0 radical (unpaired) electrons. The van der Waals surface area contributed by atoms with E-state index in [2.05, 4.69) is 15.6 Å². The van der Waals surface area contributed by atoms with Crippen molar-refractivity contribution in [2.75, 3.05) is 26.7 Å². The van der Waals surface area contributed by atoms with Crippen molar-refractivity contribution < 1.29 is 70.2 Å². The molecule has 0 unspecified atom stereocenters. The molecule has 19 nitrogen and oxygen atoms in total. The minimum Gasteiger partial charge on any atom is -0.438 e. The fraction of sp³-hybridized carbons (Fsp3) is 0.472. The van der Waals surface area contributed by atoms with E-state index in [0.29, 0.717) is 12.8 Å². The Labute approximate surface area is 433 Å². The molecule has 4 atom stereocenters. The van der Waals surface area contributed by atoms with E-state index in [-0.39, 0.29) is 73.0 Å². The molecule has 5 N–H and O–H groups in total. The lowest BCUT2D eigenvalue weighted by Gasteiger charge is -2.38.